The summed E-state index contributed by atoms with van der Waals surface area (Å²) < 4.78 is 1.37. The molecule has 2 aromatic heterocycles. The molecule has 0 unspecified atom stereocenters. The second-order valence-corrected chi connectivity index (χ2v) is 8.50. The number of rotatable bonds is 5. The van der Waals surface area contributed by atoms with E-state index in [1.165, 1.54) is 16.9 Å². The van der Waals surface area contributed by atoms with Crippen molar-refractivity contribution in [3.8, 4) is 11.9 Å². The molecule has 1 amide bonds. The number of hydrogen-bond donors (Lipinski definition) is 1. The van der Waals surface area contributed by atoms with Crippen molar-refractivity contribution in [2.45, 2.75) is 0 Å². The highest BCUT2D eigenvalue weighted by Gasteiger charge is 2.25. The third kappa shape index (κ3) is 4.33. The molecule has 1 N–H and O–H groups in total. The van der Waals surface area contributed by atoms with Crippen molar-refractivity contribution >= 4 is 34.0 Å². The maximum Gasteiger partial charge on any atom is 0.293 e. The van der Waals surface area contributed by atoms with Crippen LogP contribution in [0.15, 0.2) is 60.8 Å². The minimum atomic E-state index is -0.595. The van der Waals surface area contributed by atoms with Gasteiger partial charge in [0, 0.05) is 43.2 Å². The van der Waals surface area contributed by atoms with E-state index in [2.05, 4.69) is 20.3 Å². The van der Waals surface area contributed by atoms with Gasteiger partial charge in [-0.15, -0.1) is 0 Å². The van der Waals surface area contributed by atoms with E-state index in [1.54, 1.807) is 18.2 Å². The number of fused-ring (bicyclic) bond motifs is 1. The molecule has 36 heavy (non-hydrogen) atoms. The Labute approximate surface area is 206 Å². The van der Waals surface area contributed by atoms with E-state index in [9.17, 15) is 20.2 Å². The van der Waals surface area contributed by atoms with Gasteiger partial charge in [0.2, 0.25) is 0 Å². The predicted octanol–water partition coefficient (Wildman–Crippen LogP) is 3.20. The summed E-state index contributed by atoms with van der Waals surface area (Å²) in [5.74, 6) is -0.0416. The first-order chi connectivity index (χ1) is 17.4. The van der Waals surface area contributed by atoms with Gasteiger partial charge in [-0.3, -0.25) is 14.9 Å². The zero-order valence-corrected chi connectivity index (χ0v) is 19.5. The zero-order valence-electron chi connectivity index (χ0n) is 19.5. The number of para-hydroxylation sites is 1. The summed E-state index contributed by atoms with van der Waals surface area (Å²) in [6, 6.07) is 17.6. The Morgan fingerprint density at radius 1 is 1.11 bits per heavy atom. The molecule has 180 valence electrons. The van der Waals surface area contributed by atoms with Crippen molar-refractivity contribution in [1.82, 2.24) is 19.7 Å². The highest BCUT2D eigenvalue weighted by molar-refractivity contribution is 6.05. The van der Waals surface area contributed by atoms with Crippen LogP contribution in [0.2, 0.25) is 0 Å². The second-order valence-electron chi connectivity index (χ2n) is 8.50. The largest absolute Gasteiger partial charge is 0.363 e. The topological polar surface area (TPSA) is 133 Å². The third-order valence-corrected chi connectivity index (χ3v) is 6.20. The zero-order chi connectivity index (χ0) is 25.2. The number of carbonyl (C=O) groups excluding carboxylic acids is 1. The molecule has 2 aromatic carbocycles. The fraction of sp³-hybridized carbons (Fsp3) is 0.200. The highest BCUT2D eigenvalue weighted by Crippen LogP contribution is 2.31. The van der Waals surface area contributed by atoms with E-state index in [1.807, 2.05) is 48.3 Å². The van der Waals surface area contributed by atoms with Crippen molar-refractivity contribution in [2.24, 2.45) is 0 Å². The van der Waals surface area contributed by atoms with Crippen molar-refractivity contribution in [1.29, 1.82) is 5.26 Å². The monoisotopic (exact) mass is 482 g/mol. The number of hydrogen-bond acceptors (Lipinski definition) is 8. The van der Waals surface area contributed by atoms with Gasteiger partial charge >= 0.3 is 0 Å². The molecule has 11 heteroatoms. The maximum absolute atomic E-state index is 13.2. The molecule has 0 spiro atoms. The minimum absolute atomic E-state index is 0.0997. The smallest absolute Gasteiger partial charge is 0.293 e. The van der Waals surface area contributed by atoms with Gasteiger partial charge in [-0.1, -0.05) is 18.2 Å². The Hall–Kier alpha value is -4.82. The standard InChI is InChI=1S/C25H22N8O3/c1-30-10-12-31(13-11-30)21-8-6-18(14-22(21)33(35)36)25(34)29-24-19(15-26)16-27-32(24)23-9-7-17-4-2-3-5-20(17)28-23/h2-9,14,16H,10-13H2,1H3,(H,29,34). The Morgan fingerprint density at radius 2 is 1.89 bits per heavy atom. The average molecular weight is 483 g/mol. The Balaban J connectivity index is 1.46. The fourth-order valence-electron chi connectivity index (χ4n) is 4.20. The summed E-state index contributed by atoms with van der Waals surface area (Å²) in [4.78, 5) is 33.2. The first-order valence-corrected chi connectivity index (χ1v) is 11.3. The van der Waals surface area contributed by atoms with E-state index in [0.717, 1.165) is 24.0 Å². The second kappa shape index (κ2) is 9.44. The van der Waals surface area contributed by atoms with Gasteiger partial charge in [-0.25, -0.2) is 4.98 Å². The maximum atomic E-state index is 13.2. The third-order valence-electron chi connectivity index (χ3n) is 6.20. The molecule has 1 fully saturated rings. The number of amides is 1. The van der Waals surface area contributed by atoms with Crippen LogP contribution in [-0.4, -0.2) is 63.7 Å². The van der Waals surface area contributed by atoms with Crippen LogP contribution in [0.4, 0.5) is 17.2 Å². The molecule has 0 saturated carbocycles. The van der Waals surface area contributed by atoms with Crippen LogP contribution in [0.1, 0.15) is 15.9 Å². The van der Waals surface area contributed by atoms with Crippen LogP contribution in [0.25, 0.3) is 16.7 Å². The molecule has 0 aliphatic carbocycles. The average Bonchev–Trinajstić information content (AvgIpc) is 3.30. The summed E-state index contributed by atoms with van der Waals surface area (Å²) in [6.07, 6.45) is 1.34. The molecular weight excluding hydrogens is 460 g/mol. The van der Waals surface area contributed by atoms with Crippen LogP contribution >= 0.6 is 0 Å². The predicted molar refractivity (Wildman–Crippen MR) is 134 cm³/mol. The van der Waals surface area contributed by atoms with E-state index in [-0.39, 0.29) is 22.6 Å². The molecule has 5 rings (SSSR count). The quantitative estimate of drug-likeness (QED) is 0.339. The van der Waals surface area contributed by atoms with Gasteiger partial charge in [0.15, 0.2) is 11.6 Å². The molecule has 1 saturated heterocycles. The van der Waals surface area contributed by atoms with Gasteiger partial charge in [0.1, 0.15) is 17.3 Å². The van der Waals surface area contributed by atoms with Gasteiger partial charge in [0.25, 0.3) is 11.6 Å². The minimum Gasteiger partial charge on any atom is -0.363 e. The van der Waals surface area contributed by atoms with Crippen molar-refractivity contribution < 1.29 is 9.72 Å². The van der Waals surface area contributed by atoms with Crippen LogP contribution in [-0.2, 0) is 0 Å². The van der Waals surface area contributed by atoms with Gasteiger partial charge < -0.3 is 15.1 Å². The molecule has 4 aromatic rings. The molecule has 0 bridgehead atoms. The molecule has 3 heterocycles. The number of anilines is 2. The van der Waals surface area contributed by atoms with Crippen LogP contribution in [0.3, 0.4) is 0 Å². The summed E-state index contributed by atoms with van der Waals surface area (Å²) in [6.45, 7) is 2.91. The number of nitrogens with one attached hydrogen (secondary N) is 1. The summed E-state index contributed by atoms with van der Waals surface area (Å²) in [5, 5.41) is 29.3. The first-order valence-electron chi connectivity index (χ1n) is 11.3. The summed E-state index contributed by atoms with van der Waals surface area (Å²) >= 11 is 0. The van der Waals surface area contributed by atoms with Gasteiger partial charge in [0.05, 0.1) is 16.6 Å². The summed E-state index contributed by atoms with van der Waals surface area (Å²) in [7, 11) is 2.01. The lowest BCUT2D eigenvalue weighted by atomic mass is 10.1. The number of piperazine rings is 1. The summed E-state index contributed by atoms with van der Waals surface area (Å²) in [5.41, 5.74) is 1.31. The molecule has 1 aliphatic rings. The Morgan fingerprint density at radius 3 is 2.64 bits per heavy atom. The number of carbonyl (C=O) groups is 1. The number of pyridine rings is 1. The molecule has 1 aliphatic heterocycles. The van der Waals surface area contributed by atoms with E-state index in [4.69, 9.17) is 0 Å². The van der Waals surface area contributed by atoms with E-state index >= 15 is 0 Å². The lowest BCUT2D eigenvalue weighted by Crippen LogP contribution is -2.44. The SMILES string of the molecule is CN1CCN(c2ccc(C(=O)Nc3c(C#N)cnn3-c3ccc4ccccc4n3)cc2[N+](=O)[O-])CC1. The van der Waals surface area contributed by atoms with Crippen LogP contribution in [0, 0.1) is 21.4 Å². The molecule has 11 nitrogen and oxygen atoms in total. The van der Waals surface area contributed by atoms with Crippen molar-refractivity contribution in [3.05, 3.63) is 82.0 Å². The Kier molecular flexibility index (Phi) is 6.02. The van der Waals surface area contributed by atoms with E-state index < -0.39 is 10.8 Å². The number of nitriles is 1. The highest BCUT2D eigenvalue weighted by atomic mass is 16.6. The Bertz CT molecular complexity index is 1520. The van der Waals surface area contributed by atoms with E-state index in [0.29, 0.717) is 24.6 Å². The number of benzene rings is 2. The van der Waals surface area contributed by atoms with Crippen LogP contribution < -0.4 is 10.2 Å². The number of nitro groups is 1. The van der Waals surface area contributed by atoms with Crippen molar-refractivity contribution in [2.75, 3.05) is 43.4 Å². The number of nitro benzene ring substituents is 1. The number of aromatic nitrogens is 3. The first kappa shape index (κ1) is 22.9. The molecule has 0 radical (unpaired) electrons. The fourth-order valence-corrected chi connectivity index (χ4v) is 4.20. The molecule has 0 atom stereocenters. The van der Waals surface area contributed by atoms with Crippen LogP contribution in [0.5, 0.6) is 0 Å². The number of nitrogens with zero attached hydrogens (tertiary/aromatic N) is 7. The number of likely N-dealkylation sites (N-methyl/N-ethyl adjacent to an activating group) is 1. The normalized spacial score (nSPS) is 13.9. The lowest BCUT2D eigenvalue weighted by molar-refractivity contribution is -0.384. The van der Waals surface area contributed by atoms with Gasteiger partial charge in [-0.05, 0) is 37.4 Å². The molecular formula is C25H22N8O3. The lowest BCUT2D eigenvalue weighted by Gasteiger charge is -2.33. The van der Waals surface area contributed by atoms with Gasteiger partial charge in [-0.2, -0.15) is 15.0 Å². The van der Waals surface area contributed by atoms with Crippen molar-refractivity contribution in [3.63, 3.8) is 0 Å².